The number of benzene rings is 7. The fourth-order valence-electron chi connectivity index (χ4n) is 6.02. The number of hydrogen-bond donors (Lipinski definition) is 2. The van der Waals surface area contributed by atoms with Gasteiger partial charge in [-0.2, -0.15) is 0 Å². The first-order valence-corrected chi connectivity index (χ1v) is 17.1. The van der Waals surface area contributed by atoms with Crippen LogP contribution in [0, 0.1) is 35.5 Å². The lowest BCUT2D eigenvalue weighted by atomic mass is 9.89. The highest BCUT2D eigenvalue weighted by Gasteiger charge is 2.22. The molecule has 4 heteroatoms. The van der Waals surface area contributed by atoms with Crippen LogP contribution in [0.3, 0.4) is 0 Å². The smallest absolute Gasteiger partial charge is 0.143 e. The number of rotatable bonds is 7. The summed E-state index contributed by atoms with van der Waals surface area (Å²) in [5, 5.41) is 23.4. The van der Waals surface area contributed by atoms with Crippen molar-refractivity contribution in [1.82, 2.24) is 0 Å². The Labute approximate surface area is 303 Å². The molecule has 0 unspecified atom stereocenters. The van der Waals surface area contributed by atoms with E-state index in [-0.39, 0.29) is 26.4 Å². The first-order chi connectivity index (χ1) is 25.7. The van der Waals surface area contributed by atoms with Gasteiger partial charge in [0.25, 0.3) is 0 Å². The maximum atomic E-state index is 9.95. The van der Waals surface area contributed by atoms with Crippen molar-refractivity contribution >= 4 is 21.5 Å². The zero-order valence-electron chi connectivity index (χ0n) is 28.4. The Balaban J connectivity index is 1.49. The van der Waals surface area contributed by atoms with E-state index < -0.39 is 0 Å². The molecule has 0 saturated heterocycles. The van der Waals surface area contributed by atoms with Gasteiger partial charge in [-0.05, 0) is 94.3 Å². The third kappa shape index (κ3) is 7.84. The van der Waals surface area contributed by atoms with Crippen molar-refractivity contribution in [2.75, 3.05) is 26.4 Å². The minimum absolute atomic E-state index is 0.0655. The molecule has 0 fully saturated rings. The van der Waals surface area contributed by atoms with E-state index in [1.165, 1.54) is 0 Å². The molecule has 0 amide bonds. The van der Waals surface area contributed by atoms with Crippen LogP contribution >= 0.6 is 0 Å². The second-order valence-electron chi connectivity index (χ2n) is 11.9. The van der Waals surface area contributed by atoms with Gasteiger partial charge in [0.15, 0.2) is 0 Å². The molecule has 0 bridgehead atoms. The first kappa shape index (κ1) is 33.7. The minimum Gasteiger partial charge on any atom is -0.491 e. The molecule has 4 nitrogen and oxygen atoms in total. The van der Waals surface area contributed by atoms with E-state index in [1.807, 2.05) is 127 Å². The van der Waals surface area contributed by atoms with Gasteiger partial charge in [0, 0.05) is 38.9 Å². The predicted octanol–water partition coefficient (Wildman–Crippen LogP) is 8.60. The zero-order valence-corrected chi connectivity index (χ0v) is 28.4. The molecular weight excluding hydrogens is 641 g/mol. The number of aliphatic hydroxyl groups excluding tert-OH is 2. The molecule has 2 N–H and O–H groups in total. The second-order valence-corrected chi connectivity index (χ2v) is 11.9. The quantitative estimate of drug-likeness (QED) is 0.166. The van der Waals surface area contributed by atoms with Crippen molar-refractivity contribution < 1.29 is 19.7 Å². The summed E-state index contributed by atoms with van der Waals surface area (Å²) in [5.74, 6) is 20.9. The van der Waals surface area contributed by atoms with E-state index in [2.05, 4.69) is 53.7 Å². The molecule has 7 aromatic rings. The highest BCUT2D eigenvalue weighted by Crippen LogP contribution is 2.47. The lowest BCUT2D eigenvalue weighted by Crippen LogP contribution is -2.07. The van der Waals surface area contributed by atoms with Gasteiger partial charge in [0.2, 0.25) is 0 Å². The highest BCUT2D eigenvalue weighted by atomic mass is 16.5. The van der Waals surface area contributed by atoms with Crippen molar-refractivity contribution in [3.63, 3.8) is 0 Å². The van der Waals surface area contributed by atoms with Crippen molar-refractivity contribution in [2.24, 2.45) is 0 Å². The fraction of sp³-hybridized carbons (Fsp3) is 0.0833. The SMILES string of the molecule is OCCOc1ccc2cc(C#Cc3ccccc3)ccc2c1-c1c(OCCO)c(C#Cc2ccccc2)cc2cc(C#Cc3ccccc3)ccc12. The molecule has 0 radical (unpaired) electrons. The normalized spacial score (nSPS) is 10.3. The molecule has 0 saturated carbocycles. The third-order valence-electron chi connectivity index (χ3n) is 8.38. The molecule has 0 spiro atoms. The van der Waals surface area contributed by atoms with Gasteiger partial charge < -0.3 is 19.7 Å². The largest absolute Gasteiger partial charge is 0.491 e. The summed E-state index contributed by atoms with van der Waals surface area (Å²) >= 11 is 0. The highest BCUT2D eigenvalue weighted by molar-refractivity contribution is 6.11. The Morgan fingerprint density at radius 2 is 0.885 bits per heavy atom. The van der Waals surface area contributed by atoms with Gasteiger partial charge in [-0.15, -0.1) is 0 Å². The van der Waals surface area contributed by atoms with E-state index in [1.54, 1.807) is 0 Å². The molecule has 250 valence electrons. The summed E-state index contributed by atoms with van der Waals surface area (Å²) in [5.41, 5.74) is 6.67. The van der Waals surface area contributed by atoms with Crippen LogP contribution in [-0.2, 0) is 0 Å². The van der Waals surface area contributed by atoms with Gasteiger partial charge in [-0.1, -0.05) is 108 Å². The van der Waals surface area contributed by atoms with Crippen LogP contribution < -0.4 is 9.47 Å². The van der Waals surface area contributed by atoms with Gasteiger partial charge in [0.05, 0.1) is 18.8 Å². The van der Waals surface area contributed by atoms with E-state index in [0.717, 1.165) is 60.5 Å². The number of ether oxygens (including phenoxy) is 2. The summed E-state index contributed by atoms with van der Waals surface area (Å²) in [7, 11) is 0. The molecule has 7 aromatic carbocycles. The molecular formula is C48H34O4. The molecule has 0 atom stereocenters. The topological polar surface area (TPSA) is 58.9 Å². The van der Waals surface area contributed by atoms with Crippen LogP contribution in [0.1, 0.15) is 33.4 Å². The van der Waals surface area contributed by atoms with E-state index in [9.17, 15) is 10.2 Å². The lowest BCUT2D eigenvalue weighted by molar-refractivity contribution is 0.200. The molecule has 0 aliphatic heterocycles. The van der Waals surface area contributed by atoms with Gasteiger partial charge in [-0.25, -0.2) is 0 Å². The Kier molecular flexibility index (Phi) is 10.6. The summed E-state index contributed by atoms with van der Waals surface area (Å²) in [6.45, 7) is -0.150. The van der Waals surface area contributed by atoms with E-state index >= 15 is 0 Å². The summed E-state index contributed by atoms with van der Waals surface area (Å²) in [6, 6.07) is 47.8. The maximum Gasteiger partial charge on any atom is 0.143 e. The molecule has 7 rings (SSSR count). The average Bonchev–Trinajstić information content (AvgIpc) is 3.20. The molecule has 52 heavy (non-hydrogen) atoms. The van der Waals surface area contributed by atoms with E-state index in [4.69, 9.17) is 9.47 Å². The Morgan fingerprint density at radius 1 is 0.404 bits per heavy atom. The summed E-state index contributed by atoms with van der Waals surface area (Å²) < 4.78 is 12.6. The zero-order chi connectivity index (χ0) is 35.5. The number of hydrogen-bond acceptors (Lipinski definition) is 4. The second kappa shape index (κ2) is 16.3. The number of fused-ring (bicyclic) bond motifs is 2. The van der Waals surface area contributed by atoms with Gasteiger partial charge >= 0.3 is 0 Å². The third-order valence-corrected chi connectivity index (χ3v) is 8.38. The van der Waals surface area contributed by atoms with Crippen LogP contribution in [0.5, 0.6) is 11.5 Å². The standard InChI is InChI=1S/C48H34O4/c49-28-30-51-45-27-24-40-32-38(18-16-35-10-4-1-5-11-35)21-25-43(40)46(45)47-44-26-22-39(19-17-36-12-6-2-7-13-36)33-42(44)34-41(48(47)52-31-29-50)23-20-37-14-8-3-9-15-37/h1-15,21-22,24-27,32-34,49-50H,28-31H2. The Hall–Kier alpha value is -6.74. The molecule has 0 aliphatic rings. The maximum absolute atomic E-state index is 9.95. The average molecular weight is 675 g/mol. The van der Waals surface area contributed by atoms with Crippen LogP contribution in [0.15, 0.2) is 146 Å². The van der Waals surface area contributed by atoms with Crippen LogP contribution in [-0.4, -0.2) is 36.6 Å². The number of aliphatic hydroxyl groups is 2. The lowest BCUT2D eigenvalue weighted by Gasteiger charge is -2.21. The summed E-state index contributed by atoms with van der Waals surface area (Å²) in [4.78, 5) is 0. The summed E-state index contributed by atoms with van der Waals surface area (Å²) in [6.07, 6.45) is 0. The van der Waals surface area contributed by atoms with Crippen LogP contribution in [0.25, 0.3) is 32.7 Å². The predicted molar refractivity (Wildman–Crippen MR) is 209 cm³/mol. The van der Waals surface area contributed by atoms with Crippen LogP contribution in [0.4, 0.5) is 0 Å². The molecule has 0 aliphatic carbocycles. The van der Waals surface area contributed by atoms with Crippen LogP contribution in [0.2, 0.25) is 0 Å². The fourth-order valence-corrected chi connectivity index (χ4v) is 6.02. The van der Waals surface area contributed by atoms with Gasteiger partial charge in [0.1, 0.15) is 24.7 Å². The molecule has 0 aromatic heterocycles. The van der Waals surface area contributed by atoms with Crippen molar-refractivity contribution in [1.29, 1.82) is 0 Å². The Morgan fingerprint density at radius 3 is 1.44 bits per heavy atom. The van der Waals surface area contributed by atoms with Crippen molar-refractivity contribution in [3.05, 3.63) is 179 Å². The van der Waals surface area contributed by atoms with E-state index in [0.29, 0.717) is 17.1 Å². The monoisotopic (exact) mass is 674 g/mol. The minimum atomic E-state index is -0.177. The van der Waals surface area contributed by atoms with Crippen molar-refractivity contribution in [3.8, 4) is 58.1 Å². The first-order valence-electron chi connectivity index (χ1n) is 17.1. The van der Waals surface area contributed by atoms with Gasteiger partial charge in [-0.3, -0.25) is 0 Å². The Bertz CT molecular complexity index is 2540. The molecule has 0 heterocycles. The van der Waals surface area contributed by atoms with Crippen molar-refractivity contribution in [2.45, 2.75) is 0 Å².